The first-order chi connectivity index (χ1) is 12.5. The van der Waals surface area contributed by atoms with Crippen molar-refractivity contribution in [2.75, 3.05) is 19.6 Å². The van der Waals surface area contributed by atoms with Crippen LogP contribution in [0.2, 0.25) is 0 Å². The fourth-order valence-electron chi connectivity index (χ4n) is 5.09. The minimum Gasteiger partial charge on any atom is -0.343 e. The molecule has 1 saturated heterocycles. The minimum atomic E-state index is 0.320. The molecule has 6 nitrogen and oxygen atoms in total. The fourth-order valence-corrected chi connectivity index (χ4v) is 5.09. The van der Waals surface area contributed by atoms with Crippen molar-refractivity contribution in [1.82, 2.24) is 25.0 Å². The van der Waals surface area contributed by atoms with E-state index in [9.17, 15) is 4.79 Å². The van der Waals surface area contributed by atoms with E-state index < -0.39 is 0 Å². The monoisotopic (exact) mass is 359 g/mol. The van der Waals surface area contributed by atoms with Gasteiger partial charge in [0.05, 0.1) is 6.54 Å². The largest absolute Gasteiger partial charge is 0.343 e. The van der Waals surface area contributed by atoms with Crippen molar-refractivity contribution >= 4 is 5.91 Å². The third-order valence-electron chi connectivity index (χ3n) is 7.01. The Kier molecular flexibility index (Phi) is 5.04. The highest BCUT2D eigenvalue weighted by molar-refractivity contribution is 5.76. The summed E-state index contributed by atoms with van der Waals surface area (Å²) in [6.07, 6.45) is 7.87. The molecule has 1 amide bonds. The van der Waals surface area contributed by atoms with Crippen LogP contribution in [0.4, 0.5) is 0 Å². The van der Waals surface area contributed by atoms with Crippen LogP contribution in [0.25, 0.3) is 0 Å². The molecule has 1 atom stereocenters. The Labute approximate surface area is 156 Å². The summed E-state index contributed by atoms with van der Waals surface area (Å²) < 4.78 is 2.29. The van der Waals surface area contributed by atoms with Crippen LogP contribution in [0, 0.1) is 11.3 Å². The van der Waals surface area contributed by atoms with Crippen molar-refractivity contribution in [1.29, 1.82) is 0 Å². The molecule has 0 bridgehead atoms. The number of fused-ring (bicyclic) bond motifs is 1. The van der Waals surface area contributed by atoms with E-state index in [1.54, 1.807) is 0 Å². The van der Waals surface area contributed by atoms with Gasteiger partial charge in [0, 0.05) is 38.5 Å². The number of hydrogen-bond donors (Lipinski definition) is 1. The highest BCUT2D eigenvalue weighted by atomic mass is 16.2. The number of nitrogens with one attached hydrogen (secondary N) is 1. The van der Waals surface area contributed by atoms with Crippen LogP contribution in [0.1, 0.15) is 76.4 Å². The molecule has 4 rings (SSSR count). The highest BCUT2D eigenvalue weighted by Gasteiger charge is 2.35. The van der Waals surface area contributed by atoms with E-state index >= 15 is 0 Å². The van der Waals surface area contributed by atoms with Gasteiger partial charge in [-0.15, -0.1) is 10.2 Å². The average Bonchev–Trinajstić information content (AvgIpc) is 3.07. The van der Waals surface area contributed by atoms with Crippen molar-refractivity contribution in [2.24, 2.45) is 11.3 Å². The first kappa shape index (κ1) is 18.0. The van der Waals surface area contributed by atoms with E-state index in [1.165, 1.54) is 25.7 Å². The normalized spacial score (nSPS) is 26.5. The molecular weight excluding hydrogens is 326 g/mol. The number of carbonyl (C=O) groups excluding carboxylic acids is 1. The van der Waals surface area contributed by atoms with Gasteiger partial charge in [-0.25, -0.2) is 0 Å². The predicted molar refractivity (Wildman–Crippen MR) is 101 cm³/mol. The van der Waals surface area contributed by atoms with E-state index in [1.807, 2.05) is 0 Å². The van der Waals surface area contributed by atoms with Crippen LogP contribution in [-0.2, 0) is 17.9 Å². The Morgan fingerprint density at radius 3 is 2.73 bits per heavy atom. The molecule has 3 heterocycles. The smallest absolute Gasteiger partial charge is 0.222 e. The molecular formula is C20H33N5O. The average molecular weight is 360 g/mol. The summed E-state index contributed by atoms with van der Waals surface area (Å²) in [5.74, 6) is 3.57. The molecule has 0 spiro atoms. The summed E-state index contributed by atoms with van der Waals surface area (Å²) >= 11 is 0. The van der Waals surface area contributed by atoms with Crippen LogP contribution in [0.15, 0.2) is 0 Å². The maximum absolute atomic E-state index is 12.9. The summed E-state index contributed by atoms with van der Waals surface area (Å²) in [6, 6.07) is 0. The maximum Gasteiger partial charge on any atom is 0.222 e. The van der Waals surface area contributed by atoms with E-state index in [4.69, 9.17) is 0 Å². The fraction of sp³-hybridized carbons (Fsp3) is 0.850. The number of nitrogens with zero attached hydrogens (tertiary/aromatic N) is 4. The molecule has 0 aromatic carbocycles. The lowest BCUT2D eigenvalue weighted by Gasteiger charge is -2.40. The zero-order valence-electron chi connectivity index (χ0n) is 16.3. The van der Waals surface area contributed by atoms with Crippen LogP contribution in [0.3, 0.4) is 0 Å². The van der Waals surface area contributed by atoms with Crippen molar-refractivity contribution in [3.05, 3.63) is 11.6 Å². The lowest BCUT2D eigenvalue weighted by molar-refractivity contribution is -0.134. The quantitative estimate of drug-likeness (QED) is 0.901. The maximum atomic E-state index is 12.9. The molecule has 1 unspecified atom stereocenters. The number of amides is 1. The Hall–Kier alpha value is -1.43. The standard InChI is InChI=1S/C20H33N5O/c1-20(2)8-4-3-5-16(20)13-18(26)24-10-6-15(7-11-24)19-23-22-17-14-21-9-12-25(17)19/h15-16,21H,3-14H2,1-2H3. The summed E-state index contributed by atoms with van der Waals surface area (Å²) in [4.78, 5) is 15.0. The molecule has 26 heavy (non-hydrogen) atoms. The Morgan fingerprint density at radius 2 is 1.96 bits per heavy atom. The lowest BCUT2D eigenvalue weighted by atomic mass is 9.67. The number of aromatic nitrogens is 3. The number of hydrogen-bond acceptors (Lipinski definition) is 4. The molecule has 144 valence electrons. The van der Waals surface area contributed by atoms with Gasteiger partial charge in [-0.1, -0.05) is 26.7 Å². The predicted octanol–water partition coefficient (Wildman–Crippen LogP) is 2.69. The molecule has 0 radical (unpaired) electrons. The molecule has 1 aliphatic carbocycles. The lowest BCUT2D eigenvalue weighted by Crippen LogP contribution is -2.41. The second-order valence-corrected chi connectivity index (χ2v) is 9.09. The first-order valence-corrected chi connectivity index (χ1v) is 10.4. The molecule has 1 aromatic heterocycles. The molecule has 6 heteroatoms. The summed E-state index contributed by atoms with van der Waals surface area (Å²) in [7, 11) is 0. The van der Waals surface area contributed by atoms with E-state index in [0.717, 1.165) is 63.6 Å². The van der Waals surface area contributed by atoms with Gasteiger partial charge >= 0.3 is 0 Å². The third kappa shape index (κ3) is 3.53. The summed E-state index contributed by atoms with van der Waals surface area (Å²) in [5, 5.41) is 12.2. The van der Waals surface area contributed by atoms with Crippen LogP contribution >= 0.6 is 0 Å². The third-order valence-corrected chi connectivity index (χ3v) is 7.01. The van der Waals surface area contributed by atoms with Crippen molar-refractivity contribution < 1.29 is 4.79 Å². The summed E-state index contributed by atoms with van der Waals surface area (Å²) in [5.41, 5.74) is 0.320. The molecule has 1 aromatic rings. The van der Waals surface area contributed by atoms with Gasteiger partial charge in [0.25, 0.3) is 0 Å². The van der Waals surface area contributed by atoms with Crippen LogP contribution in [-0.4, -0.2) is 45.2 Å². The molecule has 1 N–H and O–H groups in total. The van der Waals surface area contributed by atoms with Crippen LogP contribution in [0.5, 0.6) is 0 Å². The number of likely N-dealkylation sites (tertiary alicyclic amines) is 1. The van der Waals surface area contributed by atoms with Crippen LogP contribution < -0.4 is 5.32 Å². The Morgan fingerprint density at radius 1 is 1.15 bits per heavy atom. The van der Waals surface area contributed by atoms with Gasteiger partial charge in [0.1, 0.15) is 11.6 Å². The SMILES string of the molecule is CC1(C)CCCCC1CC(=O)N1CCC(c2nnc3n2CCNC3)CC1. The van der Waals surface area contributed by atoms with E-state index in [2.05, 4.69) is 38.8 Å². The number of piperidine rings is 1. The van der Waals surface area contributed by atoms with Crippen molar-refractivity contribution in [2.45, 2.75) is 77.8 Å². The Balaban J connectivity index is 1.33. The summed E-state index contributed by atoms with van der Waals surface area (Å²) in [6.45, 7) is 9.22. The van der Waals surface area contributed by atoms with Gasteiger partial charge < -0.3 is 14.8 Å². The van der Waals surface area contributed by atoms with Gasteiger partial charge in [0.15, 0.2) is 0 Å². The Bertz CT molecular complexity index is 645. The zero-order valence-corrected chi connectivity index (χ0v) is 16.3. The minimum absolute atomic E-state index is 0.320. The van der Waals surface area contributed by atoms with Gasteiger partial charge in [0.2, 0.25) is 5.91 Å². The first-order valence-electron chi connectivity index (χ1n) is 10.4. The second-order valence-electron chi connectivity index (χ2n) is 9.09. The zero-order chi connectivity index (χ0) is 18.1. The topological polar surface area (TPSA) is 63.1 Å². The van der Waals surface area contributed by atoms with E-state index in [-0.39, 0.29) is 0 Å². The van der Waals surface area contributed by atoms with E-state index in [0.29, 0.717) is 23.2 Å². The highest BCUT2D eigenvalue weighted by Crippen LogP contribution is 2.42. The van der Waals surface area contributed by atoms with Gasteiger partial charge in [-0.3, -0.25) is 4.79 Å². The molecule has 2 fully saturated rings. The second kappa shape index (κ2) is 7.29. The molecule has 1 saturated carbocycles. The van der Waals surface area contributed by atoms with Gasteiger partial charge in [-0.05, 0) is 37.0 Å². The van der Waals surface area contributed by atoms with Gasteiger partial charge in [-0.2, -0.15) is 0 Å². The number of rotatable bonds is 3. The number of carbonyl (C=O) groups is 1. The van der Waals surface area contributed by atoms with Crippen molar-refractivity contribution in [3.8, 4) is 0 Å². The molecule has 3 aliphatic rings. The van der Waals surface area contributed by atoms with Crippen molar-refractivity contribution in [3.63, 3.8) is 0 Å². The molecule has 2 aliphatic heterocycles.